The van der Waals surface area contributed by atoms with E-state index in [1.54, 1.807) is 23.8 Å². The minimum atomic E-state index is -0.709. The lowest BCUT2D eigenvalue weighted by Crippen LogP contribution is -2.39. The van der Waals surface area contributed by atoms with Gasteiger partial charge in [0.2, 0.25) is 5.91 Å². The van der Waals surface area contributed by atoms with Crippen LogP contribution >= 0.6 is 35.5 Å². The molecule has 0 spiro atoms. The highest BCUT2D eigenvalue weighted by Crippen LogP contribution is 2.32. The number of carbonyl (C=O) groups is 1. The van der Waals surface area contributed by atoms with Crippen LogP contribution in [0, 0.1) is 11.6 Å². The Bertz CT molecular complexity index is 1130. The number of morpholine rings is 1. The molecule has 11 heteroatoms. The second-order valence-corrected chi connectivity index (χ2v) is 10.4. The number of nitrogens with zero attached hydrogens (tertiary/aromatic N) is 3. The van der Waals surface area contributed by atoms with E-state index in [1.165, 1.54) is 6.07 Å². The molecule has 0 N–H and O–H groups in total. The zero-order valence-corrected chi connectivity index (χ0v) is 22.5. The fraction of sp³-hybridized carbons (Fsp3) is 0.440. The first-order valence-corrected chi connectivity index (χ1v) is 13.5. The number of hydrogen-bond donors (Lipinski definition) is 0. The molecule has 1 fully saturated rings. The van der Waals surface area contributed by atoms with Crippen molar-refractivity contribution in [1.29, 1.82) is 0 Å². The molecule has 0 aliphatic carbocycles. The number of thioether (sulfide) groups is 1. The lowest BCUT2D eigenvalue weighted by atomic mass is 10.2. The maximum absolute atomic E-state index is 14.2. The van der Waals surface area contributed by atoms with Crippen LogP contribution in [0.4, 0.5) is 13.9 Å². The van der Waals surface area contributed by atoms with Crippen molar-refractivity contribution in [2.45, 2.75) is 24.2 Å². The molecule has 1 aliphatic heterocycles. The van der Waals surface area contributed by atoms with Gasteiger partial charge in [0.15, 0.2) is 10.9 Å². The van der Waals surface area contributed by atoms with Crippen LogP contribution in [0.15, 0.2) is 41.3 Å². The number of hydrogen-bond acceptors (Lipinski definition) is 7. The molecule has 6 nitrogen and oxygen atoms in total. The molecule has 0 radical (unpaired) electrons. The predicted octanol–water partition coefficient (Wildman–Crippen LogP) is 5.63. The molecule has 0 bridgehead atoms. The summed E-state index contributed by atoms with van der Waals surface area (Å²) in [6.45, 7) is 4.51. The average Bonchev–Trinajstić information content (AvgIpc) is 3.29. The Hall–Kier alpha value is -1.98. The van der Waals surface area contributed by atoms with Crippen molar-refractivity contribution in [1.82, 2.24) is 9.88 Å². The number of carbonyl (C=O) groups excluding carboxylic acids is 1. The fourth-order valence-corrected chi connectivity index (χ4v) is 5.79. The summed E-state index contributed by atoms with van der Waals surface area (Å²) in [6.07, 6.45) is 1.82. The van der Waals surface area contributed by atoms with Crippen molar-refractivity contribution in [2.24, 2.45) is 0 Å². The Labute approximate surface area is 224 Å². The van der Waals surface area contributed by atoms with E-state index in [0.29, 0.717) is 29.2 Å². The van der Waals surface area contributed by atoms with Crippen LogP contribution in [-0.4, -0.2) is 68.0 Å². The van der Waals surface area contributed by atoms with Crippen LogP contribution in [-0.2, 0) is 9.53 Å². The number of amides is 1. The summed E-state index contributed by atoms with van der Waals surface area (Å²) < 4.78 is 38.9. The first-order chi connectivity index (χ1) is 17.0. The maximum atomic E-state index is 14.2. The quantitative estimate of drug-likeness (QED) is 0.225. The van der Waals surface area contributed by atoms with Gasteiger partial charge >= 0.3 is 0 Å². The highest BCUT2D eigenvalue weighted by molar-refractivity contribution is 7.99. The van der Waals surface area contributed by atoms with E-state index in [4.69, 9.17) is 9.47 Å². The molecule has 196 valence electrons. The molecule has 36 heavy (non-hydrogen) atoms. The van der Waals surface area contributed by atoms with E-state index >= 15 is 0 Å². The molecular weight excluding hydrogens is 528 g/mol. The maximum Gasteiger partial charge on any atom is 0.228 e. The van der Waals surface area contributed by atoms with Crippen molar-refractivity contribution < 1.29 is 23.0 Å². The number of halogens is 3. The Morgan fingerprint density at radius 2 is 1.94 bits per heavy atom. The molecular formula is C25H30ClF2N3O3S2. The van der Waals surface area contributed by atoms with Gasteiger partial charge in [-0.15, -0.1) is 24.2 Å². The molecule has 1 amide bonds. The number of aromatic nitrogens is 1. The summed E-state index contributed by atoms with van der Waals surface area (Å²) in [6, 6.07) is 9.92. The van der Waals surface area contributed by atoms with Crippen molar-refractivity contribution >= 4 is 56.8 Å². The van der Waals surface area contributed by atoms with Crippen LogP contribution in [0.1, 0.15) is 19.3 Å². The molecule has 2 aromatic carbocycles. The van der Waals surface area contributed by atoms with Gasteiger partial charge in [0.1, 0.15) is 17.1 Å². The number of anilines is 1. The van der Waals surface area contributed by atoms with Crippen LogP contribution in [0.3, 0.4) is 0 Å². The smallest absolute Gasteiger partial charge is 0.228 e. The summed E-state index contributed by atoms with van der Waals surface area (Å²) in [5.74, 6) is 0.191. The van der Waals surface area contributed by atoms with Gasteiger partial charge in [-0.05, 0) is 48.9 Å². The number of methoxy groups -OCH3 is 1. The molecule has 1 saturated heterocycles. The normalized spacial score (nSPS) is 14.0. The number of rotatable bonds is 11. The fourth-order valence-electron chi connectivity index (χ4n) is 3.89. The summed E-state index contributed by atoms with van der Waals surface area (Å²) in [7, 11) is 1.64. The SMILES string of the molecule is COc1ccc(SCCCC(=O)N(CCCN2CCOCC2)c2nc3c(F)cc(F)cc3s2)cc1.Cl. The van der Waals surface area contributed by atoms with Gasteiger partial charge in [-0.3, -0.25) is 14.6 Å². The summed E-state index contributed by atoms with van der Waals surface area (Å²) in [5, 5.41) is 0.416. The topological polar surface area (TPSA) is 54.9 Å². The Morgan fingerprint density at radius 1 is 1.19 bits per heavy atom. The average molecular weight is 558 g/mol. The summed E-state index contributed by atoms with van der Waals surface area (Å²) in [5.41, 5.74) is 0.104. The lowest BCUT2D eigenvalue weighted by Gasteiger charge is -2.27. The van der Waals surface area contributed by atoms with E-state index in [-0.39, 0.29) is 23.8 Å². The molecule has 4 rings (SSSR count). The van der Waals surface area contributed by atoms with E-state index in [1.807, 2.05) is 24.3 Å². The second kappa shape index (κ2) is 14.1. The van der Waals surface area contributed by atoms with Crippen molar-refractivity contribution in [3.63, 3.8) is 0 Å². The van der Waals surface area contributed by atoms with Crippen LogP contribution in [0.5, 0.6) is 5.75 Å². The van der Waals surface area contributed by atoms with Gasteiger partial charge < -0.3 is 9.47 Å². The molecule has 1 aromatic heterocycles. The van der Waals surface area contributed by atoms with Crippen molar-refractivity contribution in [3.8, 4) is 5.75 Å². The van der Waals surface area contributed by atoms with Gasteiger partial charge in [-0.25, -0.2) is 13.8 Å². The zero-order chi connectivity index (χ0) is 24.6. The molecule has 0 atom stereocenters. The number of fused-ring (bicyclic) bond motifs is 1. The number of ether oxygens (including phenoxy) is 2. The van der Waals surface area contributed by atoms with Gasteiger partial charge in [-0.1, -0.05) is 11.3 Å². The third-order valence-electron chi connectivity index (χ3n) is 5.76. The zero-order valence-electron chi connectivity index (χ0n) is 20.1. The van der Waals surface area contributed by atoms with Crippen LogP contribution in [0.2, 0.25) is 0 Å². The molecule has 0 saturated carbocycles. The molecule has 3 aromatic rings. The highest BCUT2D eigenvalue weighted by Gasteiger charge is 2.21. The van der Waals surface area contributed by atoms with E-state index in [2.05, 4.69) is 9.88 Å². The Kier molecular flexibility index (Phi) is 11.2. The molecule has 2 heterocycles. The second-order valence-electron chi connectivity index (χ2n) is 8.21. The first-order valence-electron chi connectivity index (χ1n) is 11.7. The van der Waals surface area contributed by atoms with Gasteiger partial charge in [-0.2, -0.15) is 0 Å². The highest BCUT2D eigenvalue weighted by atomic mass is 35.5. The predicted molar refractivity (Wildman–Crippen MR) is 144 cm³/mol. The summed E-state index contributed by atoms with van der Waals surface area (Å²) in [4.78, 5) is 22.6. The summed E-state index contributed by atoms with van der Waals surface area (Å²) >= 11 is 2.83. The van der Waals surface area contributed by atoms with E-state index < -0.39 is 11.6 Å². The third-order valence-corrected chi connectivity index (χ3v) is 7.88. The van der Waals surface area contributed by atoms with E-state index in [9.17, 15) is 13.6 Å². The molecule has 1 aliphatic rings. The minimum Gasteiger partial charge on any atom is -0.497 e. The Balaban J connectivity index is 0.00000361. The monoisotopic (exact) mass is 557 g/mol. The van der Waals surface area contributed by atoms with Crippen molar-refractivity contribution in [2.75, 3.05) is 57.2 Å². The molecule has 0 unspecified atom stereocenters. The van der Waals surface area contributed by atoms with Gasteiger partial charge in [0, 0.05) is 43.6 Å². The number of thiazole rings is 1. The van der Waals surface area contributed by atoms with E-state index in [0.717, 1.165) is 73.1 Å². The standard InChI is InChI=1S/C25H29F2N3O3S2.ClH/c1-32-19-5-7-20(8-6-19)34-15-2-4-23(31)30(10-3-9-29-11-13-33-14-12-29)25-28-24-21(27)16-18(26)17-22(24)35-25;/h5-8,16-17H,2-4,9-15H2,1H3;1H. The largest absolute Gasteiger partial charge is 0.497 e. The van der Waals surface area contributed by atoms with Crippen LogP contribution < -0.4 is 9.64 Å². The van der Waals surface area contributed by atoms with Crippen LogP contribution in [0.25, 0.3) is 10.2 Å². The first kappa shape index (κ1) is 28.6. The van der Waals surface area contributed by atoms with Gasteiger partial charge in [0.25, 0.3) is 0 Å². The number of benzene rings is 2. The minimum absolute atomic E-state index is 0. The lowest BCUT2D eigenvalue weighted by molar-refractivity contribution is -0.118. The third kappa shape index (κ3) is 7.76. The van der Waals surface area contributed by atoms with Crippen molar-refractivity contribution in [3.05, 3.63) is 48.0 Å². The van der Waals surface area contributed by atoms with Gasteiger partial charge in [0.05, 0.1) is 25.0 Å². The Morgan fingerprint density at radius 3 is 2.67 bits per heavy atom.